The molecule has 0 saturated carbocycles. The van der Waals surface area contributed by atoms with E-state index in [1.807, 2.05) is 13.0 Å². The number of rotatable bonds is 5. The van der Waals surface area contributed by atoms with Crippen molar-refractivity contribution in [3.05, 3.63) is 52.9 Å². The van der Waals surface area contributed by atoms with E-state index in [2.05, 4.69) is 15.5 Å². The molecule has 3 aromatic rings. The van der Waals surface area contributed by atoms with Crippen molar-refractivity contribution in [2.24, 2.45) is 0 Å². The zero-order valence-electron chi connectivity index (χ0n) is 13.1. The van der Waals surface area contributed by atoms with E-state index < -0.39 is 5.97 Å². The lowest BCUT2D eigenvalue weighted by Crippen LogP contribution is -2.16. The second-order valence-corrected chi connectivity index (χ2v) is 6.23. The van der Waals surface area contributed by atoms with Crippen molar-refractivity contribution in [1.82, 2.24) is 19.6 Å². The van der Waals surface area contributed by atoms with Crippen molar-refractivity contribution in [3.63, 3.8) is 0 Å². The largest absolute Gasteiger partial charge is 0.465 e. The molecule has 24 heavy (non-hydrogen) atoms. The topological polar surface area (TPSA) is 91.0 Å². The molecule has 0 bridgehead atoms. The van der Waals surface area contributed by atoms with Crippen molar-refractivity contribution in [2.45, 2.75) is 13.6 Å². The predicted octanol–water partition coefficient (Wildman–Crippen LogP) is 1.99. The monoisotopic (exact) mass is 345 g/mol. The number of nitrogens with zero attached hydrogens (tertiary/aromatic N) is 4. The summed E-state index contributed by atoms with van der Waals surface area (Å²) in [5, 5.41) is 11.5. The molecule has 1 amide bonds. The van der Waals surface area contributed by atoms with Gasteiger partial charge in [0, 0.05) is 23.5 Å². The number of hydrogen-bond acceptors (Lipinski definition) is 6. The van der Waals surface area contributed by atoms with Gasteiger partial charge in [-0.25, -0.2) is 4.79 Å². The Balaban J connectivity index is 1.74. The SMILES string of the molecule is COC(=O)c1cc(C)sc1NC(=O)c1ccn(Cn2cccn2)n1. The van der Waals surface area contributed by atoms with Crippen LogP contribution in [0.1, 0.15) is 25.7 Å². The summed E-state index contributed by atoms with van der Waals surface area (Å²) in [6.07, 6.45) is 5.17. The van der Waals surface area contributed by atoms with Crippen molar-refractivity contribution in [2.75, 3.05) is 12.4 Å². The van der Waals surface area contributed by atoms with Gasteiger partial charge in [0.25, 0.3) is 5.91 Å². The Morgan fingerprint density at radius 2 is 2.17 bits per heavy atom. The van der Waals surface area contributed by atoms with Gasteiger partial charge in [0.2, 0.25) is 0 Å². The summed E-state index contributed by atoms with van der Waals surface area (Å²) in [4.78, 5) is 25.0. The molecule has 0 atom stereocenters. The van der Waals surface area contributed by atoms with Crippen LogP contribution in [0.3, 0.4) is 0 Å². The molecule has 0 radical (unpaired) electrons. The number of thiophene rings is 1. The molecule has 124 valence electrons. The minimum absolute atomic E-state index is 0.254. The van der Waals surface area contributed by atoms with Gasteiger partial charge in [-0.15, -0.1) is 11.3 Å². The number of nitrogens with one attached hydrogen (secondary N) is 1. The van der Waals surface area contributed by atoms with Crippen LogP contribution in [0.4, 0.5) is 5.00 Å². The summed E-state index contributed by atoms with van der Waals surface area (Å²) in [6, 6.07) is 5.10. The second-order valence-electron chi connectivity index (χ2n) is 4.97. The standard InChI is InChI=1S/C15H15N5O3S/c1-10-8-11(15(22)23-2)14(24-10)17-13(21)12-4-7-20(18-12)9-19-6-3-5-16-19/h3-8H,9H2,1-2H3,(H,17,21). The molecular formula is C15H15N5O3S. The maximum atomic E-state index is 12.3. The van der Waals surface area contributed by atoms with Crippen LogP contribution in [-0.2, 0) is 11.4 Å². The molecule has 0 fully saturated rings. The molecule has 0 aliphatic carbocycles. The zero-order valence-corrected chi connectivity index (χ0v) is 13.9. The van der Waals surface area contributed by atoms with Crippen LogP contribution < -0.4 is 5.32 Å². The van der Waals surface area contributed by atoms with Gasteiger partial charge in [0.1, 0.15) is 11.7 Å². The van der Waals surface area contributed by atoms with Crippen LogP contribution in [-0.4, -0.2) is 38.5 Å². The third kappa shape index (κ3) is 3.35. The quantitative estimate of drug-likeness (QED) is 0.714. The first-order valence-corrected chi connectivity index (χ1v) is 7.89. The van der Waals surface area contributed by atoms with Crippen molar-refractivity contribution < 1.29 is 14.3 Å². The molecule has 3 aromatic heterocycles. The molecule has 0 aliphatic rings. The van der Waals surface area contributed by atoms with E-state index in [-0.39, 0.29) is 11.6 Å². The van der Waals surface area contributed by atoms with Gasteiger partial charge in [-0.05, 0) is 25.1 Å². The molecule has 0 unspecified atom stereocenters. The van der Waals surface area contributed by atoms with Crippen LogP contribution in [0.2, 0.25) is 0 Å². The minimum Gasteiger partial charge on any atom is -0.465 e. The van der Waals surface area contributed by atoms with Crippen LogP contribution in [0.5, 0.6) is 0 Å². The number of anilines is 1. The number of hydrogen-bond donors (Lipinski definition) is 1. The Morgan fingerprint density at radius 1 is 1.33 bits per heavy atom. The summed E-state index contributed by atoms with van der Waals surface area (Å²) in [6.45, 7) is 2.26. The summed E-state index contributed by atoms with van der Waals surface area (Å²) < 4.78 is 8.01. The minimum atomic E-state index is -0.487. The molecule has 8 nitrogen and oxygen atoms in total. The molecule has 9 heteroatoms. The Morgan fingerprint density at radius 3 is 2.88 bits per heavy atom. The summed E-state index contributed by atoms with van der Waals surface area (Å²) in [5.41, 5.74) is 0.591. The number of aryl methyl sites for hydroxylation is 1. The average molecular weight is 345 g/mol. The number of amides is 1. The van der Waals surface area contributed by atoms with E-state index in [4.69, 9.17) is 4.74 Å². The van der Waals surface area contributed by atoms with Crippen molar-refractivity contribution in [3.8, 4) is 0 Å². The van der Waals surface area contributed by atoms with E-state index in [0.29, 0.717) is 17.2 Å². The highest BCUT2D eigenvalue weighted by molar-refractivity contribution is 7.16. The Labute approximate surface area is 141 Å². The fourth-order valence-corrected chi connectivity index (χ4v) is 3.02. The molecule has 0 aromatic carbocycles. The second kappa shape index (κ2) is 6.67. The lowest BCUT2D eigenvalue weighted by molar-refractivity contribution is 0.0602. The normalized spacial score (nSPS) is 10.6. The highest BCUT2D eigenvalue weighted by Gasteiger charge is 2.19. The smallest absolute Gasteiger partial charge is 0.340 e. The van der Waals surface area contributed by atoms with Crippen molar-refractivity contribution in [1.29, 1.82) is 0 Å². The highest BCUT2D eigenvalue weighted by Crippen LogP contribution is 2.28. The number of aromatic nitrogens is 4. The highest BCUT2D eigenvalue weighted by atomic mass is 32.1. The van der Waals surface area contributed by atoms with Gasteiger partial charge in [0.05, 0.1) is 12.7 Å². The molecule has 3 rings (SSSR count). The molecule has 3 heterocycles. The Bertz CT molecular complexity index is 866. The lowest BCUT2D eigenvalue weighted by atomic mass is 10.3. The third-order valence-electron chi connectivity index (χ3n) is 3.21. The van der Waals surface area contributed by atoms with Gasteiger partial charge in [-0.3, -0.25) is 14.2 Å². The van der Waals surface area contributed by atoms with Crippen LogP contribution in [0.25, 0.3) is 0 Å². The summed E-state index contributed by atoms with van der Waals surface area (Å²) >= 11 is 1.31. The summed E-state index contributed by atoms with van der Waals surface area (Å²) in [7, 11) is 1.30. The van der Waals surface area contributed by atoms with Gasteiger partial charge in [-0.2, -0.15) is 10.2 Å². The van der Waals surface area contributed by atoms with E-state index in [1.54, 1.807) is 40.1 Å². The number of esters is 1. The van der Waals surface area contributed by atoms with Crippen LogP contribution >= 0.6 is 11.3 Å². The number of carbonyl (C=O) groups excluding carboxylic acids is 2. The maximum absolute atomic E-state index is 12.3. The molecule has 0 spiro atoms. The number of carbonyl (C=O) groups is 2. The van der Waals surface area contributed by atoms with Gasteiger partial charge >= 0.3 is 5.97 Å². The van der Waals surface area contributed by atoms with Crippen molar-refractivity contribution >= 4 is 28.2 Å². The molecule has 1 N–H and O–H groups in total. The Kier molecular flexibility index (Phi) is 4.43. The number of ether oxygens (including phenoxy) is 1. The first-order valence-electron chi connectivity index (χ1n) is 7.08. The Hall–Kier alpha value is -2.94. The fraction of sp³-hybridized carbons (Fsp3) is 0.200. The van der Waals surface area contributed by atoms with Gasteiger partial charge in [0.15, 0.2) is 5.69 Å². The molecule has 0 aliphatic heterocycles. The van der Waals surface area contributed by atoms with Crippen LogP contribution in [0, 0.1) is 6.92 Å². The van der Waals surface area contributed by atoms with E-state index >= 15 is 0 Å². The maximum Gasteiger partial charge on any atom is 0.340 e. The average Bonchev–Trinajstić information content (AvgIpc) is 3.29. The first kappa shape index (κ1) is 15.9. The van der Waals surface area contributed by atoms with Gasteiger partial charge < -0.3 is 10.1 Å². The predicted molar refractivity (Wildman–Crippen MR) is 88.2 cm³/mol. The molecular weight excluding hydrogens is 330 g/mol. The van der Waals surface area contributed by atoms with E-state index in [9.17, 15) is 9.59 Å². The third-order valence-corrected chi connectivity index (χ3v) is 4.18. The summed E-state index contributed by atoms with van der Waals surface area (Å²) in [5.74, 6) is -0.875. The van der Waals surface area contributed by atoms with Gasteiger partial charge in [-0.1, -0.05) is 0 Å². The molecule has 0 saturated heterocycles. The number of methoxy groups -OCH3 is 1. The van der Waals surface area contributed by atoms with E-state index in [1.165, 1.54) is 18.4 Å². The van der Waals surface area contributed by atoms with E-state index in [0.717, 1.165) is 4.88 Å². The zero-order chi connectivity index (χ0) is 17.1. The lowest BCUT2D eigenvalue weighted by Gasteiger charge is -2.04. The van der Waals surface area contributed by atoms with Crippen LogP contribution in [0.15, 0.2) is 36.8 Å². The first-order chi connectivity index (χ1) is 11.6. The fourth-order valence-electron chi connectivity index (χ4n) is 2.13.